The quantitative estimate of drug-likeness (QED) is 0.192. The van der Waals surface area contributed by atoms with E-state index in [4.69, 9.17) is 4.74 Å². The summed E-state index contributed by atoms with van der Waals surface area (Å²) in [6, 6.07) is 8.55. The van der Waals surface area contributed by atoms with Gasteiger partial charge in [-0.3, -0.25) is 0 Å². The summed E-state index contributed by atoms with van der Waals surface area (Å²) in [7, 11) is 0. The first-order chi connectivity index (χ1) is 16.6. The standard InChI is InChI=1S/C30H47FN2O/c1-4-6-7-8-9-10-11-12-13-15-26-17-19-27(20-18-26)30-32-22-29(23-33-30)34-24-28(31)21-16-25(3)14-5-2/h17-20,22-23,25,28H,4-16,21,24H2,1-3H3. The van der Waals surface area contributed by atoms with Crippen LogP contribution in [0.3, 0.4) is 0 Å². The van der Waals surface area contributed by atoms with Crippen LogP contribution in [-0.4, -0.2) is 22.7 Å². The average molecular weight is 471 g/mol. The topological polar surface area (TPSA) is 35.0 Å². The molecular weight excluding hydrogens is 423 g/mol. The number of aryl methyl sites for hydroxylation is 1. The Labute approximate surface area is 208 Å². The Kier molecular flexibility index (Phi) is 14.5. The maximum absolute atomic E-state index is 14.1. The second-order valence-corrected chi connectivity index (χ2v) is 9.90. The van der Waals surface area contributed by atoms with Gasteiger partial charge in [-0.15, -0.1) is 0 Å². The van der Waals surface area contributed by atoms with Crippen LogP contribution in [0.2, 0.25) is 0 Å². The number of hydrogen-bond acceptors (Lipinski definition) is 3. The van der Waals surface area contributed by atoms with Crippen molar-refractivity contribution in [3.63, 3.8) is 0 Å². The van der Waals surface area contributed by atoms with Crippen molar-refractivity contribution >= 4 is 0 Å². The van der Waals surface area contributed by atoms with E-state index in [9.17, 15) is 4.39 Å². The van der Waals surface area contributed by atoms with Gasteiger partial charge in [-0.25, -0.2) is 14.4 Å². The second-order valence-electron chi connectivity index (χ2n) is 9.90. The van der Waals surface area contributed by atoms with Gasteiger partial charge in [0.25, 0.3) is 0 Å². The Morgan fingerprint density at radius 2 is 1.38 bits per heavy atom. The molecule has 0 N–H and O–H groups in total. The van der Waals surface area contributed by atoms with E-state index in [0.717, 1.165) is 31.2 Å². The Morgan fingerprint density at radius 1 is 0.765 bits per heavy atom. The normalized spacial score (nSPS) is 13.1. The van der Waals surface area contributed by atoms with Crippen molar-refractivity contribution in [2.24, 2.45) is 5.92 Å². The number of halogens is 1. The summed E-state index contributed by atoms with van der Waals surface area (Å²) in [5.74, 6) is 1.77. The van der Waals surface area contributed by atoms with Gasteiger partial charge >= 0.3 is 0 Å². The van der Waals surface area contributed by atoms with E-state index in [1.165, 1.54) is 63.4 Å². The first-order valence-electron chi connectivity index (χ1n) is 13.8. The summed E-state index contributed by atoms with van der Waals surface area (Å²) in [6.45, 7) is 6.69. The molecule has 0 aliphatic carbocycles. The van der Waals surface area contributed by atoms with Crippen molar-refractivity contribution in [3.05, 3.63) is 42.2 Å². The van der Waals surface area contributed by atoms with E-state index in [1.54, 1.807) is 12.4 Å². The summed E-state index contributed by atoms with van der Waals surface area (Å²) in [5, 5.41) is 0. The number of ether oxygens (including phenoxy) is 1. The SMILES string of the molecule is CCCCCCCCCCCc1ccc(-c2ncc(OCC(F)CCC(C)CCC)cn2)cc1. The molecule has 0 saturated carbocycles. The van der Waals surface area contributed by atoms with Gasteiger partial charge in [0.2, 0.25) is 0 Å². The molecule has 0 aliphatic heterocycles. The molecule has 34 heavy (non-hydrogen) atoms. The molecule has 3 nitrogen and oxygen atoms in total. The molecule has 0 bridgehead atoms. The van der Waals surface area contributed by atoms with Gasteiger partial charge in [-0.05, 0) is 37.2 Å². The zero-order chi connectivity index (χ0) is 24.4. The maximum Gasteiger partial charge on any atom is 0.159 e. The smallest absolute Gasteiger partial charge is 0.159 e. The van der Waals surface area contributed by atoms with E-state index < -0.39 is 6.17 Å². The highest BCUT2D eigenvalue weighted by Crippen LogP contribution is 2.20. The predicted octanol–water partition coefficient (Wildman–Crippen LogP) is 9.15. The van der Waals surface area contributed by atoms with Crippen LogP contribution in [0.4, 0.5) is 4.39 Å². The molecule has 2 rings (SSSR count). The number of nitrogens with zero attached hydrogens (tertiary/aromatic N) is 2. The predicted molar refractivity (Wildman–Crippen MR) is 142 cm³/mol. The summed E-state index contributed by atoms with van der Waals surface area (Å²) < 4.78 is 19.7. The van der Waals surface area contributed by atoms with Gasteiger partial charge < -0.3 is 4.74 Å². The molecule has 1 aromatic heterocycles. The molecule has 0 saturated heterocycles. The summed E-state index contributed by atoms with van der Waals surface area (Å²) in [4.78, 5) is 8.84. The third-order valence-electron chi connectivity index (χ3n) is 6.59. The second kappa shape index (κ2) is 17.5. The van der Waals surface area contributed by atoms with Crippen LogP contribution in [-0.2, 0) is 6.42 Å². The third kappa shape index (κ3) is 11.9. The van der Waals surface area contributed by atoms with Gasteiger partial charge in [0.1, 0.15) is 12.8 Å². The molecule has 2 aromatic rings. The van der Waals surface area contributed by atoms with Gasteiger partial charge in [-0.2, -0.15) is 0 Å². The van der Waals surface area contributed by atoms with Gasteiger partial charge in [0.15, 0.2) is 11.6 Å². The number of aromatic nitrogens is 2. The molecule has 0 radical (unpaired) electrons. The van der Waals surface area contributed by atoms with Crippen molar-refractivity contribution in [1.82, 2.24) is 9.97 Å². The lowest BCUT2D eigenvalue weighted by atomic mass is 9.99. The van der Waals surface area contributed by atoms with E-state index in [0.29, 0.717) is 23.9 Å². The van der Waals surface area contributed by atoms with Gasteiger partial charge in [0, 0.05) is 5.56 Å². The fourth-order valence-corrected chi connectivity index (χ4v) is 4.37. The van der Waals surface area contributed by atoms with Gasteiger partial charge in [-0.1, -0.05) is 109 Å². The summed E-state index contributed by atoms with van der Waals surface area (Å²) >= 11 is 0. The largest absolute Gasteiger partial charge is 0.487 e. The van der Waals surface area contributed by atoms with Crippen molar-refractivity contribution in [1.29, 1.82) is 0 Å². The van der Waals surface area contributed by atoms with E-state index in [-0.39, 0.29) is 6.61 Å². The number of rotatable bonds is 19. The molecule has 1 aromatic carbocycles. The lowest BCUT2D eigenvalue weighted by molar-refractivity contribution is 0.178. The highest BCUT2D eigenvalue weighted by atomic mass is 19.1. The van der Waals surface area contributed by atoms with E-state index >= 15 is 0 Å². The van der Waals surface area contributed by atoms with Crippen molar-refractivity contribution < 1.29 is 9.13 Å². The fourth-order valence-electron chi connectivity index (χ4n) is 4.37. The molecule has 0 aliphatic rings. The lowest BCUT2D eigenvalue weighted by Crippen LogP contribution is -2.14. The monoisotopic (exact) mass is 470 g/mol. The third-order valence-corrected chi connectivity index (χ3v) is 6.59. The zero-order valence-corrected chi connectivity index (χ0v) is 21.9. The minimum atomic E-state index is -0.947. The first kappa shape index (κ1) is 28.3. The van der Waals surface area contributed by atoms with Crippen LogP contribution >= 0.6 is 0 Å². The fraction of sp³-hybridized carbons (Fsp3) is 0.667. The van der Waals surface area contributed by atoms with Crippen LogP contribution in [0, 0.1) is 5.92 Å². The van der Waals surface area contributed by atoms with Crippen molar-refractivity contribution in [2.45, 2.75) is 117 Å². The Balaban J connectivity index is 1.65. The van der Waals surface area contributed by atoms with Crippen LogP contribution < -0.4 is 4.74 Å². The number of benzene rings is 1. The summed E-state index contributed by atoms with van der Waals surface area (Å²) in [6.07, 6.45) is 19.4. The maximum atomic E-state index is 14.1. The molecule has 0 amide bonds. The molecular formula is C30H47FN2O. The van der Waals surface area contributed by atoms with Crippen molar-refractivity contribution in [3.8, 4) is 17.1 Å². The summed E-state index contributed by atoms with van der Waals surface area (Å²) in [5.41, 5.74) is 2.37. The molecule has 4 heteroatoms. The van der Waals surface area contributed by atoms with Crippen LogP contribution in [0.15, 0.2) is 36.7 Å². The highest BCUT2D eigenvalue weighted by molar-refractivity contribution is 5.55. The van der Waals surface area contributed by atoms with Crippen molar-refractivity contribution in [2.75, 3.05) is 6.61 Å². The highest BCUT2D eigenvalue weighted by Gasteiger charge is 2.11. The average Bonchev–Trinajstić information content (AvgIpc) is 2.86. The molecule has 0 spiro atoms. The Hall–Kier alpha value is -1.97. The zero-order valence-electron chi connectivity index (χ0n) is 21.9. The molecule has 190 valence electrons. The first-order valence-corrected chi connectivity index (χ1v) is 13.8. The van der Waals surface area contributed by atoms with Crippen LogP contribution in [0.5, 0.6) is 5.75 Å². The van der Waals surface area contributed by atoms with Gasteiger partial charge in [0.05, 0.1) is 12.4 Å². The van der Waals surface area contributed by atoms with Crippen LogP contribution in [0.25, 0.3) is 11.4 Å². The minimum Gasteiger partial charge on any atom is -0.487 e. The Bertz CT molecular complexity index is 747. The molecule has 1 heterocycles. The molecule has 2 atom stereocenters. The molecule has 2 unspecified atom stereocenters. The number of unbranched alkanes of at least 4 members (excludes halogenated alkanes) is 8. The van der Waals surface area contributed by atoms with E-state index in [1.807, 2.05) is 0 Å². The van der Waals surface area contributed by atoms with E-state index in [2.05, 4.69) is 55.0 Å². The number of hydrogen-bond donors (Lipinski definition) is 0. The lowest BCUT2D eigenvalue weighted by Gasteiger charge is -2.13. The Morgan fingerprint density at radius 3 is 2.00 bits per heavy atom. The number of alkyl halides is 1. The molecule has 0 fully saturated rings. The minimum absolute atomic E-state index is 0.0646. The van der Waals surface area contributed by atoms with Crippen LogP contribution in [0.1, 0.15) is 110 Å².